The van der Waals surface area contributed by atoms with Crippen molar-refractivity contribution in [2.24, 2.45) is 0 Å². The molecule has 0 heterocycles. The number of rotatable bonds is 1. The first-order chi connectivity index (χ1) is 5.37. The lowest BCUT2D eigenvalue weighted by atomic mass is 10.1. The lowest BCUT2D eigenvalue weighted by Crippen LogP contribution is -2.39. The van der Waals surface area contributed by atoms with E-state index in [1.54, 1.807) is 0 Å². The molecule has 0 rings (SSSR count). The van der Waals surface area contributed by atoms with Gasteiger partial charge in [0.1, 0.15) is 0 Å². The summed E-state index contributed by atoms with van der Waals surface area (Å²) in [5.74, 6) is -0.123. The lowest BCUT2D eigenvalue weighted by molar-refractivity contribution is -0.117. The van der Waals surface area contributed by atoms with Gasteiger partial charge in [-0.3, -0.25) is 4.79 Å². The molecule has 3 heteroatoms. The van der Waals surface area contributed by atoms with Crippen molar-refractivity contribution in [1.29, 1.82) is 0 Å². The molecule has 72 valence electrons. The smallest absolute Gasteiger partial charge is 0.243 e. The minimum atomic E-state index is -0.148. The van der Waals surface area contributed by atoms with Crippen LogP contribution < -0.4 is 10.6 Å². The summed E-state index contributed by atoms with van der Waals surface area (Å²) in [6.07, 6.45) is 1.27. The molecule has 0 aliphatic carbocycles. The van der Waals surface area contributed by atoms with Crippen molar-refractivity contribution in [2.75, 3.05) is 14.1 Å². The van der Waals surface area contributed by atoms with Crippen molar-refractivity contribution in [2.45, 2.75) is 26.3 Å². The minimum Gasteiger partial charge on any atom is -0.348 e. The lowest BCUT2D eigenvalue weighted by Gasteiger charge is -2.18. The highest BCUT2D eigenvalue weighted by Gasteiger charge is 2.10. The molecule has 3 nitrogen and oxygen atoms in total. The van der Waals surface area contributed by atoms with E-state index < -0.39 is 0 Å². The molecule has 0 aromatic carbocycles. The van der Waals surface area contributed by atoms with E-state index in [-0.39, 0.29) is 11.4 Å². The molecular weight excluding hydrogens is 152 g/mol. The van der Waals surface area contributed by atoms with Crippen molar-refractivity contribution in [3.8, 4) is 0 Å². The number of nitrogens with one attached hydrogen (secondary N) is 2. The average Bonchev–Trinajstić information content (AvgIpc) is 1.86. The summed E-state index contributed by atoms with van der Waals surface area (Å²) in [5, 5.41) is 5.46. The van der Waals surface area contributed by atoms with Crippen molar-refractivity contribution < 1.29 is 4.79 Å². The highest BCUT2D eigenvalue weighted by atomic mass is 16.1. The third-order valence-electron chi connectivity index (χ3n) is 0.684. The predicted octanol–water partition coefficient (Wildman–Crippen LogP) is 0.923. The molecule has 0 radical (unpaired) electrons. The van der Waals surface area contributed by atoms with Gasteiger partial charge >= 0.3 is 0 Å². The Balaban J connectivity index is 0. The Kier molecular flexibility index (Phi) is 7.85. The molecule has 0 unspecified atom stereocenters. The van der Waals surface area contributed by atoms with Gasteiger partial charge in [0.05, 0.1) is 0 Å². The number of hydrogen-bond acceptors (Lipinski definition) is 2. The van der Waals surface area contributed by atoms with Crippen molar-refractivity contribution in [3.63, 3.8) is 0 Å². The summed E-state index contributed by atoms with van der Waals surface area (Å²) in [6.45, 7) is 9.11. The van der Waals surface area contributed by atoms with Crippen molar-refractivity contribution in [3.05, 3.63) is 12.7 Å². The second kappa shape index (κ2) is 6.85. The molecule has 0 atom stereocenters. The van der Waals surface area contributed by atoms with Gasteiger partial charge < -0.3 is 10.6 Å². The van der Waals surface area contributed by atoms with E-state index in [4.69, 9.17) is 0 Å². The van der Waals surface area contributed by atoms with Crippen LogP contribution in [0.15, 0.2) is 12.7 Å². The summed E-state index contributed by atoms with van der Waals surface area (Å²) in [5.41, 5.74) is -0.148. The molecule has 0 aromatic heterocycles. The summed E-state index contributed by atoms with van der Waals surface area (Å²) < 4.78 is 0. The van der Waals surface area contributed by atoms with Crippen molar-refractivity contribution >= 4 is 5.91 Å². The number of hydrogen-bond donors (Lipinski definition) is 2. The first kappa shape index (κ1) is 13.7. The van der Waals surface area contributed by atoms with Gasteiger partial charge in [-0.05, 0) is 40.9 Å². The Morgan fingerprint density at radius 1 is 1.33 bits per heavy atom. The van der Waals surface area contributed by atoms with Crippen LogP contribution in [-0.2, 0) is 4.79 Å². The van der Waals surface area contributed by atoms with Gasteiger partial charge in [0.15, 0.2) is 0 Å². The molecule has 0 aliphatic rings. The number of amides is 1. The van der Waals surface area contributed by atoms with Crippen LogP contribution in [0, 0.1) is 0 Å². The Hall–Kier alpha value is -0.830. The van der Waals surface area contributed by atoms with Crippen molar-refractivity contribution in [1.82, 2.24) is 10.6 Å². The molecule has 1 amide bonds. The van der Waals surface area contributed by atoms with E-state index >= 15 is 0 Å². The van der Waals surface area contributed by atoms with Gasteiger partial charge in [0, 0.05) is 5.54 Å². The van der Waals surface area contributed by atoms with Crippen LogP contribution in [0.4, 0.5) is 0 Å². The number of carbonyl (C=O) groups excluding carboxylic acids is 1. The standard InChI is InChI=1S/C7H13NO.C2H7N/c1-5-6(9)8-7(2,3)4;1-3-2/h5H,1H2,2-4H3,(H,8,9);3H,1-2H3. The zero-order valence-electron chi connectivity index (χ0n) is 8.69. The van der Waals surface area contributed by atoms with Crippen LogP contribution in [0.5, 0.6) is 0 Å². The van der Waals surface area contributed by atoms with Crippen LogP contribution in [0.25, 0.3) is 0 Å². The van der Waals surface area contributed by atoms with Gasteiger partial charge in [-0.25, -0.2) is 0 Å². The second-order valence-corrected chi connectivity index (χ2v) is 3.44. The van der Waals surface area contributed by atoms with Crippen LogP contribution in [-0.4, -0.2) is 25.5 Å². The van der Waals surface area contributed by atoms with Gasteiger partial charge in [0.2, 0.25) is 5.91 Å². The summed E-state index contributed by atoms with van der Waals surface area (Å²) in [7, 11) is 3.75. The zero-order chi connectivity index (χ0) is 10.2. The quantitative estimate of drug-likeness (QED) is 0.578. The fourth-order valence-electron chi connectivity index (χ4n) is 0.421. The minimum absolute atomic E-state index is 0.123. The molecule has 2 N–H and O–H groups in total. The fraction of sp³-hybridized carbons (Fsp3) is 0.667. The molecule has 0 bridgehead atoms. The van der Waals surface area contributed by atoms with Gasteiger partial charge in [-0.15, -0.1) is 0 Å². The molecule has 0 saturated carbocycles. The largest absolute Gasteiger partial charge is 0.348 e. The Morgan fingerprint density at radius 2 is 1.67 bits per heavy atom. The number of carbonyl (C=O) groups is 1. The molecule has 0 saturated heterocycles. The highest BCUT2D eigenvalue weighted by Crippen LogP contribution is 1.97. The van der Waals surface area contributed by atoms with E-state index in [0.29, 0.717) is 0 Å². The van der Waals surface area contributed by atoms with Crippen LogP contribution in [0.1, 0.15) is 20.8 Å². The highest BCUT2D eigenvalue weighted by molar-refractivity contribution is 5.87. The zero-order valence-corrected chi connectivity index (χ0v) is 8.69. The van der Waals surface area contributed by atoms with E-state index in [9.17, 15) is 4.79 Å². The normalized spacial score (nSPS) is 9.42. The third kappa shape index (κ3) is 16.1. The Bertz CT molecular complexity index is 136. The first-order valence-electron chi connectivity index (χ1n) is 3.90. The first-order valence-corrected chi connectivity index (χ1v) is 3.90. The van der Waals surface area contributed by atoms with E-state index in [0.717, 1.165) is 0 Å². The Labute approximate surface area is 75.2 Å². The molecule has 12 heavy (non-hydrogen) atoms. The predicted molar refractivity (Wildman–Crippen MR) is 53.1 cm³/mol. The molecule has 0 spiro atoms. The second-order valence-electron chi connectivity index (χ2n) is 3.44. The maximum absolute atomic E-state index is 10.6. The van der Waals surface area contributed by atoms with E-state index in [1.165, 1.54) is 6.08 Å². The van der Waals surface area contributed by atoms with Crippen LogP contribution in [0.3, 0.4) is 0 Å². The maximum Gasteiger partial charge on any atom is 0.243 e. The fourth-order valence-corrected chi connectivity index (χ4v) is 0.421. The molecular formula is C9H20N2O. The van der Waals surface area contributed by atoms with Crippen LogP contribution in [0.2, 0.25) is 0 Å². The maximum atomic E-state index is 10.6. The van der Waals surface area contributed by atoms with Gasteiger partial charge in [-0.2, -0.15) is 0 Å². The average molecular weight is 172 g/mol. The van der Waals surface area contributed by atoms with E-state index in [1.807, 2.05) is 34.9 Å². The SMILES string of the molecule is C=CC(=O)NC(C)(C)C.CNC. The van der Waals surface area contributed by atoms with Gasteiger partial charge in [0.25, 0.3) is 0 Å². The summed E-state index contributed by atoms with van der Waals surface area (Å²) in [6, 6.07) is 0. The monoisotopic (exact) mass is 172 g/mol. The topological polar surface area (TPSA) is 41.1 Å². The Morgan fingerprint density at radius 3 is 1.75 bits per heavy atom. The van der Waals surface area contributed by atoms with Crippen LogP contribution >= 0.6 is 0 Å². The summed E-state index contributed by atoms with van der Waals surface area (Å²) in [4.78, 5) is 10.6. The van der Waals surface area contributed by atoms with E-state index in [2.05, 4.69) is 17.2 Å². The molecule has 0 fully saturated rings. The molecule has 0 aromatic rings. The molecule has 0 aliphatic heterocycles. The van der Waals surface area contributed by atoms with Gasteiger partial charge in [-0.1, -0.05) is 6.58 Å². The third-order valence-corrected chi connectivity index (χ3v) is 0.684. The summed E-state index contributed by atoms with van der Waals surface area (Å²) >= 11 is 0.